The van der Waals surface area contributed by atoms with Gasteiger partial charge in [0.25, 0.3) is 5.56 Å². The van der Waals surface area contributed by atoms with Gasteiger partial charge >= 0.3 is 0 Å². The van der Waals surface area contributed by atoms with Gasteiger partial charge < -0.3 is 24.8 Å². The SMILES string of the molecule is CCNC(=NCc1cc(C)c(O)c(C)c1)N1CCN(c2nccn(C)c2=O)CC1.I. The molecule has 2 N–H and O–H groups in total. The minimum Gasteiger partial charge on any atom is -0.507 e. The quantitative estimate of drug-likeness (QED) is 0.360. The Morgan fingerprint density at radius 3 is 2.43 bits per heavy atom. The van der Waals surface area contributed by atoms with Gasteiger partial charge in [-0.3, -0.25) is 4.79 Å². The summed E-state index contributed by atoms with van der Waals surface area (Å²) in [6.07, 6.45) is 3.33. The lowest BCUT2D eigenvalue weighted by molar-refractivity contribution is 0.370. The fourth-order valence-corrected chi connectivity index (χ4v) is 3.56. The summed E-state index contributed by atoms with van der Waals surface area (Å²) in [5.41, 5.74) is 2.74. The first kappa shape index (κ1) is 24.0. The number of aromatic nitrogens is 2. The average molecular weight is 526 g/mol. The van der Waals surface area contributed by atoms with E-state index >= 15 is 0 Å². The molecule has 0 atom stereocenters. The largest absolute Gasteiger partial charge is 0.507 e. The molecule has 9 heteroatoms. The number of nitrogens with one attached hydrogen (secondary N) is 1. The summed E-state index contributed by atoms with van der Waals surface area (Å²) < 4.78 is 1.56. The predicted octanol–water partition coefficient (Wildman–Crippen LogP) is 2.01. The van der Waals surface area contributed by atoms with Gasteiger partial charge in [0, 0.05) is 52.2 Å². The highest BCUT2D eigenvalue weighted by molar-refractivity contribution is 14.0. The molecule has 2 heterocycles. The number of hydrogen-bond acceptors (Lipinski definition) is 5. The third-order valence-corrected chi connectivity index (χ3v) is 5.17. The Morgan fingerprint density at radius 1 is 1.20 bits per heavy atom. The second-order valence-corrected chi connectivity index (χ2v) is 7.39. The van der Waals surface area contributed by atoms with E-state index in [1.807, 2.05) is 30.9 Å². The first-order valence-electron chi connectivity index (χ1n) is 9.99. The number of nitrogens with zero attached hydrogens (tertiary/aromatic N) is 5. The molecule has 0 aliphatic carbocycles. The van der Waals surface area contributed by atoms with Gasteiger partial charge in [-0.1, -0.05) is 12.1 Å². The second-order valence-electron chi connectivity index (χ2n) is 7.39. The summed E-state index contributed by atoms with van der Waals surface area (Å²) in [4.78, 5) is 25.6. The Morgan fingerprint density at radius 2 is 1.83 bits per heavy atom. The zero-order valence-electron chi connectivity index (χ0n) is 18.1. The summed E-state index contributed by atoms with van der Waals surface area (Å²) in [5.74, 6) is 1.72. The minimum atomic E-state index is -0.0698. The third-order valence-electron chi connectivity index (χ3n) is 5.17. The van der Waals surface area contributed by atoms with Crippen molar-refractivity contribution >= 4 is 35.8 Å². The molecule has 1 aliphatic heterocycles. The number of phenols is 1. The number of aliphatic imine (C=N–C) groups is 1. The molecule has 8 nitrogen and oxygen atoms in total. The van der Waals surface area contributed by atoms with Crippen molar-refractivity contribution in [2.24, 2.45) is 12.0 Å². The molecule has 1 aliphatic rings. The minimum absolute atomic E-state index is 0. The van der Waals surface area contributed by atoms with E-state index in [-0.39, 0.29) is 29.5 Å². The molecule has 0 saturated carbocycles. The average Bonchev–Trinajstić information content (AvgIpc) is 2.71. The van der Waals surface area contributed by atoms with Gasteiger partial charge in [-0.2, -0.15) is 0 Å². The maximum Gasteiger partial charge on any atom is 0.293 e. The molecule has 1 saturated heterocycles. The van der Waals surface area contributed by atoms with Crippen molar-refractivity contribution in [1.29, 1.82) is 0 Å². The standard InChI is InChI=1S/C21H30N6O2.HI/c1-5-22-21(24-14-17-12-15(2)18(28)16(3)13-17)27-10-8-26(9-11-27)19-20(29)25(4)7-6-23-19;/h6-7,12-13,28H,5,8-11,14H2,1-4H3,(H,22,24);1H. The number of piperazine rings is 1. The molecule has 1 aromatic heterocycles. The number of rotatable bonds is 4. The molecule has 3 rings (SSSR count). The van der Waals surface area contributed by atoms with Crippen molar-refractivity contribution in [2.75, 3.05) is 37.6 Å². The highest BCUT2D eigenvalue weighted by Gasteiger charge is 2.22. The number of halogens is 1. The van der Waals surface area contributed by atoms with Gasteiger partial charge in [0.1, 0.15) is 5.75 Å². The highest BCUT2D eigenvalue weighted by atomic mass is 127. The van der Waals surface area contributed by atoms with Crippen LogP contribution in [0.2, 0.25) is 0 Å². The summed E-state index contributed by atoms with van der Waals surface area (Å²) in [5, 5.41) is 13.3. The maximum atomic E-state index is 12.3. The van der Waals surface area contributed by atoms with Crippen LogP contribution in [0.15, 0.2) is 34.3 Å². The molecule has 0 radical (unpaired) electrons. The molecule has 0 unspecified atom stereocenters. The van der Waals surface area contributed by atoms with E-state index in [1.54, 1.807) is 24.0 Å². The van der Waals surface area contributed by atoms with Crippen molar-refractivity contribution in [2.45, 2.75) is 27.3 Å². The smallest absolute Gasteiger partial charge is 0.293 e. The zero-order chi connectivity index (χ0) is 21.0. The molecule has 1 aromatic carbocycles. The molecule has 0 bridgehead atoms. The van der Waals surface area contributed by atoms with E-state index < -0.39 is 0 Å². The normalized spacial score (nSPS) is 14.5. The lowest BCUT2D eigenvalue weighted by atomic mass is 10.1. The number of aromatic hydroxyl groups is 1. The lowest BCUT2D eigenvalue weighted by Gasteiger charge is -2.36. The van der Waals surface area contributed by atoms with Gasteiger partial charge in [-0.25, -0.2) is 9.98 Å². The number of guanidine groups is 1. The molecule has 1 fully saturated rings. The number of benzene rings is 1. The van der Waals surface area contributed by atoms with E-state index in [0.29, 0.717) is 31.2 Å². The van der Waals surface area contributed by atoms with Crippen LogP contribution in [-0.4, -0.2) is 58.2 Å². The Hall–Kier alpha value is -2.30. The lowest BCUT2D eigenvalue weighted by Crippen LogP contribution is -2.53. The van der Waals surface area contributed by atoms with Gasteiger partial charge in [-0.05, 0) is 37.5 Å². The van der Waals surface area contributed by atoms with Crippen molar-refractivity contribution in [3.05, 3.63) is 51.6 Å². The predicted molar refractivity (Wildman–Crippen MR) is 131 cm³/mol. The van der Waals surface area contributed by atoms with Crippen LogP contribution in [-0.2, 0) is 13.6 Å². The number of hydrogen-bond donors (Lipinski definition) is 2. The van der Waals surface area contributed by atoms with Crippen LogP contribution in [0, 0.1) is 13.8 Å². The van der Waals surface area contributed by atoms with E-state index in [4.69, 9.17) is 4.99 Å². The van der Waals surface area contributed by atoms with Crippen molar-refractivity contribution < 1.29 is 5.11 Å². The maximum absolute atomic E-state index is 12.3. The van der Waals surface area contributed by atoms with E-state index in [2.05, 4.69) is 22.1 Å². The molecule has 0 spiro atoms. The second kappa shape index (κ2) is 10.6. The van der Waals surface area contributed by atoms with E-state index in [0.717, 1.165) is 42.3 Å². The summed E-state index contributed by atoms with van der Waals surface area (Å²) in [7, 11) is 1.74. The van der Waals surface area contributed by atoms with Crippen molar-refractivity contribution in [3.8, 4) is 5.75 Å². The first-order chi connectivity index (χ1) is 13.9. The Bertz CT molecular complexity index is 928. The van der Waals surface area contributed by atoms with E-state index in [9.17, 15) is 9.90 Å². The Kier molecular flexibility index (Phi) is 8.51. The van der Waals surface area contributed by atoms with Crippen molar-refractivity contribution in [3.63, 3.8) is 0 Å². The van der Waals surface area contributed by atoms with Crippen LogP contribution in [0.25, 0.3) is 0 Å². The summed E-state index contributed by atoms with van der Waals surface area (Å²) >= 11 is 0. The van der Waals surface area contributed by atoms with Gasteiger partial charge in [0.05, 0.1) is 6.54 Å². The van der Waals surface area contributed by atoms with Gasteiger partial charge in [0.2, 0.25) is 0 Å². The molecule has 0 amide bonds. The molecular formula is C21H31IN6O2. The van der Waals surface area contributed by atoms with Crippen LogP contribution in [0.5, 0.6) is 5.75 Å². The molecule has 30 heavy (non-hydrogen) atoms. The first-order valence-corrected chi connectivity index (χ1v) is 9.99. The van der Waals surface area contributed by atoms with E-state index in [1.165, 1.54) is 0 Å². The Labute approximate surface area is 194 Å². The molecule has 2 aromatic rings. The molecule has 164 valence electrons. The van der Waals surface area contributed by atoms with Gasteiger partial charge in [0.15, 0.2) is 11.8 Å². The molecular weight excluding hydrogens is 495 g/mol. The fraction of sp³-hybridized carbons (Fsp3) is 0.476. The van der Waals surface area contributed by atoms with Crippen LogP contribution < -0.4 is 15.8 Å². The number of anilines is 1. The van der Waals surface area contributed by atoms with Crippen LogP contribution >= 0.6 is 24.0 Å². The topological polar surface area (TPSA) is 86.0 Å². The van der Waals surface area contributed by atoms with Crippen LogP contribution in [0.3, 0.4) is 0 Å². The summed E-state index contributed by atoms with van der Waals surface area (Å²) in [6.45, 7) is 10.2. The fourth-order valence-electron chi connectivity index (χ4n) is 3.56. The zero-order valence-corrected chi connectivity index (χ0v) is 20.4. The monoisotopic (exact) mass is 526 g/mol. The van der Waals surface area contributed by atoms with Gasteiger partial charge in [-0.15, -0.1) is 24.0 Å². The summed E-state index contributed by atoms with van der Waals surface area (Å²) in [6, 6.07) is 3.95. The number of aryl methyl sites for hydroxylation is 3. The number of phenolic OH excluding ortho intramolecular Hbond substituents is 1. The van der Waals surface area contributed by atoms with Crippen LogP contribution in [0.4, 0.5) is 5.82 Å². The Balaban J connectivity index is 0.00000320. The van der Waals surface area contributed by atoms with Crippen molar-refractivity contribution in [1.82, 2.24) is 19.8 Å². The highest BCUT2D eigenvalue weighted by Crippen LogP contribution is 2.23. The van der Waals surface area contributed by atoms with Crippen LogP contribution in [0.1, 0.15) is 23.6 Å². The third kappa shape index (κ3) is 5.44.